The number of likely N-dealkylation sites (tertiary alicyclic amines) is 1. The molecule has 1 saturated heterocycles. The molecule has 1 rings (SSSR count). The highest BCUT2D eigenvalue weighted by atomic mass is 16.5. The first-order valence-electron chi connectivity index (χ1n) is 25.5. The highest BCUT2D eigenvalue weighted by molar-refractivity contribution is 5.70. The van der Waals surface area contributed by atoms with Gasteiger partial charge in [0.05, 0.1) is 13.2 Å². The maximum Gasteiger partial charge on any atom is 0.306 e. The van der Waals surface area contributed by atoms with Crippen LogP contribution in [-0.2, 0) is 23.9 Å². The highest BCUT2D eigenvalue weighted by Crippen LogP contribution is 2.25. The van der Waals surface area contributed by atoms with Crippen molar-refractivity contribution in [3.8, 4) is 0 Å². The van der Waals surface area contributed by atoms with E-state index >= 15 is 0 Å². The van der Waals surface area contributed by atoms with Gasteiger partial charge in [-0.2, -0.15) is 0 Å². The van der Waals surface area contributed by atoms with Gasteiger partial charge < -0.3 is 19.5 Å². The fourth-order valence-corrected chi connectivity index (χ4v) is 8.86. The van der Waals surface area contributed by atoms with E-state index in [2.05, 4.69) is 32.6 Å². The molecule has 7 nitrogen and oxygen atoms in total. The number of carboxylic acid groups (broad SMARTS) is 1. The minimum Gasteiger partial charge on any atom is -0.483 e. The summed E-state index contributed by atoms with van der Waals surface area (Å²) >= 11 is 0. The second-order valence-corrected chi connectivity index (χ2v) is 18.0. The molecule has 1 N–H and O–H groups in total. The van der Waals surface area contributed by atoms with Gasteiger partial charge in [0.2, 0.25) is 0 Å². The van der Waals surface area contributed by atoms with Crippen LogP contribution in [0, 0.1) is 17.8 Å². The van der Waals surface area contributed by atoms with Gasteiger partial charge in [-0.3, -0.25) is 14.4 Å². The van der Waals surface area contributed by atoms with Crippen LogP contribution in [0.1, 0.15) is 259 Å². The quantitative estimate of drug-likeness (QED) is 0.0373. The monoisotopic (exact) mass is 822 g/mol. The number of piperidine rings is 1. The van der Waals surface area contributed by atoms with Crippen LogP contribution in [0.25, 0.3) is 0 Å². The molecule has 0 spiro atoms. The topological polar surface area (TPSA) is 93.1 Å². The second-order valence-electron chi connectivity index (χ2n) is 18.0. The number of nitrogens with zero attached hydrogens (tertiary/aromatic N) is 1. The van der Waals surface area contributed by atoms with Gasteiger partial charge >= 0.3 is 11.9 Å². The Bertz CT molecular complexity index is 801. The standard InChI is InChI=1S/C50H97NO4.CH2O2/c1-5-9-22-34-47(35-23-10-6-2)44-49(52)54-42-30-19-15-13-17-26-32-46(38-41-51-39-28-21-29-40-51)33-27-18-14-16-20-31-43-55-50(53)45-48(36-24-11-7-3)37-25-12-8-4;2-1-3/h46-48H,5-45H2,1-4H3;1H,(H,2,3). The second kappa shape index (κ2) is 44.9. The van der Waals surface area contributed by atoms with Gasteiger partial charge in [0, 0.05) is 12.8 Å². The molecule has 0 aromatic heterocycles. The molecule has 1 heterocycles. The third-order valence-electron chi connectivity index (χ3n) is 12.6. The van der Waals surface area contributed by atoms with Gasteiger partial charge in [-0.05, 0) is 95.2 Å². The van der Waals surface area contributed by atoms with E-state index in [0.29, 0.717) is 37.9 Å². The van der Waals surface area contributed by atoms with E-state index in [1.54, 1.807) is 0 Å². The number of rotatable bonds is 41. The zero-order valence-electron chi connectivity index (χ0n) is 39.2. The number of carbonyl (C=O) groups excluding carboxylic acids is 2. The molecule has 0 aromatic rings. The Morgan fingerprint density at radius 2 is 0.776 bits per heavy atom. The molecule has 344 valence electrons. The van der Waals surface area contributed by atoms with Crippen molar-refractivity contribution in [2.45, 2.75) is 259 Å². The van der Waals surface area contributed by atoms with E-state index in [9.17, 15) is 9.59 Å². The lowest BCUT2D eigenvalue weighted by atomic mass is 9.91. The van der Waals surface area contributed by atoms with E-state index in [0.717, 1.165) is 18.8 Å². The Labute approximate surface area is 360 Å². The van der Waals surface area contributed by atoms with Crippen LogP contribution in [0.5, 0.6) is 0 Å². The number of unbranched alkanes of at least 4 members (excludes halogenated alkanes) is 18. The summed E-state index contributed by atoms with van der Waals surface area (Å²) in [6, 6.07) is 0. The van der Waals surface area contributed by atoms with Crippen LogP contribution in [0.15, 0.2) is 0 Å². The minimum absolute atomic E-state index is 0.0426. The molecule has 0 amide bonds. The first kappa shape index (κ1) is 56.4. The van der Waals surface area contributed by atoms with Gasteiger partial charge in [-0.25, -0.2) is 0 Å². The summed E-state index contributed by atoms with van der Waals surface area (Å²) in [4.78, 5) is 36.2. The number of ether oxygens (including phenoxy) is 2. The first-order chi connectivity index (χ1) is 28.4. The van der Waals surface area contributed by atoms with Crippen molar-refractivity contribution in [2.24, 2.45) is 17.8 Å². The Kier molecular flexibility index (Phi) is 43.6. The van der Waals surface area contributed by atoms with Gasteiger partial charge in [0.25, 0.3) is 6.47 Å². The van der Waals surface area contributed by atoms with Crippen molar-refractivity contribution in [3.63, 3.8) is 0 Å². The van der Waals surface area contributed by atoms with Crippen molar-refractivity contribution in [3.05, 3.63) is 0 Å². The molecular formula is C51H99NO6. The Balaban J connectivity index is 0.0000105. The molecule has 0 unspecified atom stereocenters. The van der Waals surface area contributed by atoms with E-state index in [-0.39, 0.29) is 18.4 Å². The third-order valence-corrected chi connectivity index (χ3v) is 12.6. The number of hydrogen-bond acceptors (Lipinski definition) is 6. The maximum absolute atomic E-state index is 12.5. The summed E-state index contributed by atoms with van der Waals surface area (Å²) in [6.07, 6.45) is 44.5. The predicted molar refractivity (Wildman–Crippen MR) is 246 cm³/mol. The summed E-state index contributed by atoms with van der Waals surface area (Å²) in [5, 5.41) is 6.89. The van der Waals surface area contributed by atoms with E-state index < -0.39 is 0 Å². The van der Waals surface area contributed by atoms with Gasteiger partial charge in [-0.15, -0.1) is 0 Å². The Morgan fingerprint density at radius 3 is 1.14 bits per heavy atom. The molecule has 58 heavy (non-hydrogen) atoms. The molecule has 1 fully saturated rings. The van der Waals surface area contributed by atoms with Crippen molar-refractivity contribution in [2.75, 3.05) is 32.8 Å². The SMILES string of the molecule is CCCCCC(CCCCC)CC(=O)OCCCCCCCCC(CCCCCCCCOC(=O)CC(CCCCC)CCCCC)CCN1CCCCC1.O=CO. The summed E-state index contributed by atoms with van der Waals surface area (Å²) < 4.78 is 11.4. The zero-order valence-corrected chi connectivity index (χ0v) is 39.2. The van der Waals surface area contributed by atoms with Crippen LogP contribution in [0.3, 0.4) is 0 Å². The molecule has 0 bridgehead atoms. The maximum atomic E-state index is 12.5. The molecule has 0 aromatic carbocycles. The van der Waals surface area contributed by atoms with Gasteiger partial charge in [0.15, 0.2) is 0 Å². The number of hydrogen-bond donors (Lipinski definition) is 1. The average Bonchev–Trinajstić information content (AvgIpc) is 3.22. The summed E-state index contributed by atoms with van der Waals surface area (Å²) in [5.74, 6) is 2.00. The van der Waals surface area contributed by atoms with E-state index in [1.807, 2.05) is 0 Å². The molecule has 0 aliphatic carbocycles. The molecule has 1 aliphatic rings. The zero-order chi connectivity index (χ0) is 42.6. The van der Waals surface area contributed by atoms with Crippen molar-refractivity contribution >= 4 is 18.4 Å². The largest absolute Gasteiger partial charge is 0.483 e. The lowest BCUT2D eigenvalue weighted by molar-refractivity contribution is -0.146. The van der Waals surface area contributed by atoms with Crippen molar-refractivity contribution in [1.29, 1.82) is 0 Å². The van der Waals surface area contributed by atoms with Gasteiger partial charge in [-0.1, -0.05) is 188 Å². The molecule has 0 saturated carbocycles. The Hall–Kier alpha value is -1.63. The predicted octanol–water partition coefficient (Wildman–Crippen LogP) is 15.1. The Morgan fingerprint density at radius 1 is 0.466 bits per heavy atom. The van der Waals surface area contributed by atoms with E-state index in [1.165, 1.54) is 225 Å². The fourth-order valence-electron chi connectivity index (χ4n) is 8.86. The lowest BCUT2D eigenvalue weighted by Gasteiger charge is -2.28. The van der Waals surface area contributed by atoms with E-state index in [4.69, 9.17) is 19.4 Å². The molecule has 7 heteroatoms. The van der Waals surface area contributed by atoms with Gasteiger partial charge in [0.1, 0.15) is 0 Å². The van der Waals surface area contributed by atoms with Crippen LogP contribution in [-0.4, -0.2) is 61.3 Å². The number of carbonyl (C=O) groups is 3. The van der Waals surface area contributed by atoms with Crippen LogP contribution in [0.2, 0.25) is 0 Å². The normalized spacial score (nSPS) is 13.2. The lowest BCUT2D eigenvalue weighted by Crippen LogP contribution is -2.31. The minimum atomic E-state index is -0.250. The van der Waals surface area contributed by atoms with Crippen molar-refractivity contribution in [1.82, 2.24) is 4.90 Å². The van der Waals surface area contributed by atoms with Crippen LogP contribution < -0.4 is 0 Å². The van der Waals surface area contributed by atoms with Crippen molar-refractivity contribution < 1.29 is 29.0 Å². The van der Waals surface area contributed by atoms with Crippen LogP contribution >= 0.6 is 0 Å². The summed E-state index contributed by atoms with van der Waals surface area (Å²) in [6.45, 7) is 13.9. The summed E-state index contributed by atoms with van der Waals surface area (Å²) in [7, 11) is 0. The molecule has 0 atom stereocenters. The highest BCUT2D eigenvalue weighted by Gasteiger charge is 2.17. The third kappa shape index (κ3) is 38.6. The molecule has 1 aliphatic heterocycles. The average molecular weight is 822 g/mol. The molecule has 0 radical (unpaired) electrons. The van der Waals surface area contributed by atoms with Crippen LogP contribution in [0.4, 0.5) is 0 Å². The number of esters is 2. The molecular weight excluding hydrogens is 723 g/mol. The fraction of sp³-hybridized carbons (Fsp3) is 0.941. The summed E-state index contributed by atoms with van der Waals surface area (Å²) in [5.41, 5.74) is 0. The smallest absolute Gasteiger partial charge is 0.306 e. The first-order valence-corrected chi connectivity index (χ1v) is 25.5.